The van der Waals surface area contributed by atoms with Gasteiger partial charge in [-0.25, -0.2) is 17.5 Å². The lowest BCUT2D eigenvalue weighted by molar-refractivity contribution is -0.385. The summed E-state index contributed by atoms with van der Waals surface area (Å²) in [5.74, 6) is -0.974. The van der Waals surface area contributed by atoms with E-state index in [0.717, 1.165) is 12.1 Å². The molecule has 0 aliphatic carbocycles. The smallest absolute Gasteiger partial charge is 0.258 e. The minimum Gasteiger partial charge on any atom is -0.258 e. The minimum absolute atomic E-state index is 0.0431. The van der Waals surface area contributed by atoms with Crippen LogP contribution in [-0.2, 0) is 10.0 Å². The molecule has 0 radical (unpaired) electrons. The van der Waals surface area contributed by atoms with Gasteiger partial charge < -0.3 is 0 Å². The molecule has 0 amide bonds. The molecule has 0 saturated heterocycles. The van der Waals surface area contributed by atoms with Crippen molar-refractivity contribution in [3.63, 3.8) is 0 Å². The highest BCUT2D eigenvalue weighted by molar-refractivity contribution is 7.89. The van der Waals surface area contributed by atoms with E-state index >= 15 is 0 Å². The van der Waals surface area contributed by atoms with Gasteiger partial charge in [0.05, 0.1) is 4.92 Å². The van der Waals surface area contributed by atoms with Crippen LogP contribution in [0.4, 0.5) is 10.1 Å². The maximum Gasteiger partial charge on any atom is 0.270 e. The molecule has 0 aliphatic heterocycles. The third kappa shape index (κ3) is 3.47. The molecule has 0 atom stereocenters. The van der Waals surface area contributed by atoms with E-state index in [0.29, 0.717) is 6.07 Å². The molecule has 0 spiro atoms. The highest BCUT2D eigenvalue weighted by Crippen LogP contribution is 2.20. The second kappa shape index (κ2) is 5.40. The lowest BCUT2D eigenvalue weighted by atomic mass is 10.2. The highest BCUT2D eigenvalue weighted by Gasteiger charge is 2.22. The Hall–Kier alpha value is -1.54. The number of sulfonamides is 1. The van der Waals surface area contributed by atoms with Gasteiger partial charge in [0.1, 0.15) is 10.7 Å². The zero-order chi connectivity index (χ0) is 13.9. The molecule has 0 heterocycles. The quantitative estimate of drug-likeness (QED) is 0.654. The maximum absolute atomic E-state index is 13.4. The van der Waals surface area contributed by atoms with E-state index in [2.05, 4.69) is 4.72 Å². The van der Waals surface area contributed by atoms with Gasteiger partial charge in [-0.2, -0.15) is 0 Å². The van der Waals surface area contributed by atoms with Crippen molar-refractivity contribution in [3.8, 4) is 0 Å². The van der Waals surface area contributed by atoms with Crippen molar-refractivity contribution >= 4 is 15.7 Å². The molecule has 100 valence electrons. The average Bonchev–Trinajstić information content (AvgIpc) is 2.26. The predicted octanol–water partition coefficient (Wildman–Crippen LogP) is 1.67. The maximum atomic E-state index is 13.4. The lowest BCUT2D eigenvalue weighted by Crippen LogP contribution is -2.28. The van der Waals surface area contributed by atoms with E-state index in [9.17, 15) is 22.9 Å². The molecule has 1 rings (SSSR count). The van der Waals surface area contributed by atoms with Crippen molar-refractivity contribution in [3.05, 3.63) is 34.1 Å². The SMILES string of the molecule is CC(C)CNS(=O)(=O)c1cc([N+](=O)[O-])ccc1F. The van der Waals surface area contributed by atoms with Crippen LogP contribution < -0.4 is 4.72 Å². The topological polar surface area (TPSA) is 89.3 Å². The van der Waals surface area contributed by atoms with E-state index in [-0.39, 0.29) is 12.5 Å². The Morgan fingerprint density at radius 3 is 2.56 bits per heavy atom. The number of nitro groups is 1. The zero-order valence-electron chi connectivity index (χ0n) is 9.88. The fourth-order valence-electron chi connectivity index (χ4n) is 1.17. The summed E-state index contributed by atoms with van der Waals surface area (Å²) < 4.78 is 39.1. The van der Waals surface area contributed by atoms with Gasteiger partial charge in [0.15, 0.2) is 0 Å². The first-order valence-corrected chi connectivity index (χ1v) is 6.66. The Morgan fingerprint density at radius 2 is 2.06 bits per heavy atom. The van der Waals surface area contributed by atoms with Gasteiger partial charge in [-0.15, -0.1) is 0 Å². The molecule has 1 aromatic rings. The summed E-state index contributed by atoms with van der Waals surface area (Å²) in [7, 11) is -4.07. The van der Waals surface area contributed by atoms with Crippen LogP contribution in [-0.4, -0.2) is 19.9 Å². The molecule has 8 heteroatoms. The van der Waals surface area contributed by atoms with Gasteiger partial charge in [0, 0.05) is 18.7 Å². The highest BCUT2D eigenvalue weighted by atomic mass is 32.2. The van der Waals surface area contributed by atoms with Gasteiger partial charge in [-0.05, 0) is 12.0 Å². The van der Waals surface area contributed by atoms with E-state index in [1.165, 1.54) is 0 Å². The molecule has 0 unspecified atom stereocenters. The van der Waals surface area contributed by atoms with Crippen molar-refractivity contribution in [1.82, 2.24) is 4.72 Å². The predicted molar refractivity (Wildman–Crippen MR) is 63.1 cm³/mol. The van der Waals surface area contributed by atoms with E-state index in [1.807, 2.05) is 0 Å². The normalized spacial score (nSPS) is 11.8. The Balaban J connectivity index is 3.15. The summed E-state index contributed by atoms with van der Waals surface area (Å²) in [5, 5.41) is 10.5. The third-order valence-electron chi connectivity index (χ3n) is 2.10. The summed E-state index contributed by atoms with van der Waals surface area (Å²) in [6.07, 6.45) is 0. The fraction of sp³-hybridized carbons (Fsp3) is 0.400. The van der Waals surface area contributed by atoms with Crippen LogP contribution in [0.5, 0.6) is 0 Å². The van der Waals surface area contributed by atoms with Crippen LogP contribution >= 0.6 is 0 Å². The minimum atomic E-state index is -4.07. The third-order valence-corrected chi connectivity index (χ3v) is 3.54. The van der Waals surface area contributed by atoms with Gasteiger partial charge in [-0.1, -0.05) is 13.8 Å². The van der Waals surface area contributed by atoms with Crippen LogP contribution in [0.1, 0.15) is 13.8 Å². The number of nitro benzene ring substituents is 1. The second-order valence-corrected chi connectivity index (χ2v) is 5.85. The Bertz CT molecular complexity index is 557. The largest absolute Gasteiger partial charge is 0.270 e. The molecule has 1 N–H and O–H groups in total. The summed E-state index contributed by atoms with van der Waals surface area (Å²) in [4.78, 5) is 9.04. The monoisotopic (exact) mass is 276 g/mol. The van der Waals surface area contributed by atoms with Gasteiger partial charge in [0.2, 0.25) is 10.0 Å². The molecule has 0 aromatic heterocycles. The number of halogens is 1. The Morgan fingerprint density at radius 1 is 1.44 bits per heavy atom. The Labute approximate surface area is 104 Å². The first-order chi connectivity index (χ1) is 8.24. The van der Waals surface area contributed by atoms with Crippen LogP contribution in [0.25, 0.3) is 0 Å². The van der Waals surface area contributed by atoms with Crippen molar-refractivity contribution in [2.75, 3.05) is 6.54 Å². The summed E-state index contributed by atoms with van der Waals surface area (Å²) in [5.41, 5.74) is -0.471. The summed E-state index contributed by atoms with van der Waals surface area (Å²) >= 11 is 0. The molecule has 18 heavy (non-hydrogen) atoms. The van der Waals surface area contributed by atoms with Gasteiger partial charge >= 0.3 is 0 Å². The van der Waals surface area contributed by atoms with Crippen LogP contribution in [0.3, 0.4) is 0 Å². The van der Waals surface area contributed by atoms with E-state index < -0.39 is 31.3 Å². The Kier molecular flexibility index (Phi) is 4.36. The van der Waals surface area contributed by atoms with Gasteiger partial charge in [0.25, 0.3) is 5.69 Å². The van der Waals surface area contributed by atoms with Crippen molar-refractivity contribution in [2.45, 2.75) is 18.7 Å². The first kappa shape index (κ1) is 14.5. The number of hydrogen-bond acceptors (Lipinski definition) is 4. The molecule has 1 aromatic carbocycles. The van der Waals surface area contributed by atoms with Crippen LogP contribution in [0.15, 0.2) is 23.1 Å². The fourth-order valence-corrected chi connectivity index (χ4v) is 2.47. The summed E-state index contributed by atoms with van der Waals surface area (Å²) in [6, 6.07) is 2.39. The molecule has 0 aliphatic rings. The van der Waals surface area contributed by atoms with Crippen molar-refractivity contribution in [2.24, 2.45) is 5.92 Å². The molecule has 0 bridgehead atoms. The van der Waals surface area contributed by atoms with Crippen molar-refractivity contribution in [1.29, 1.82) is 0 Å². The standard InChI is InChI=1S/C10H13FN2O4S/c1-7(2)6-12-18(16,17)10-5-8(13(14)15)3-4-9(10)11/h3-5,7,12H,6H2,1-2H3. The molecule has 0 fully saturated rings. The van der Waals surface area contributed by atoms with E-state index in [1.54, 1.807) is 13.8 Å². The number of benzene rings is 1. The van der Waals surface area contributed by atoms with E-state index in [4.69, 9.17) is 0 Å². The number of nitrogens with zero attached hydrogens (tertiary/aromatic N) is 1. The summed E-state index contributed by atoms with van der Waals surface area (Å²) in [6.45, 7) is 3.70. The number of non-ortho nitro benzene ring substituents is 1. The molecule has 0 saturated carbocycles. The van der Waals surface area contributed by atoms with Gasteiger partial charge in [-0.3, -0.25) is 10.1 Å². The second-order valence-electron chi connectivity index (χ2n) is 4.12. The van der Waals surface area contributed by atoms with Crippen LogP contribution in [0, 0.1) is 21.8 Å². The average molecular weight is 276 g/mol. The number of rotatable bonds is 5. The number of hydrogen-bond donors (Lipinski definition) is 1. The molecule has 6 nitrogen and oxygen atoms in total. The lowest BCUT2D eigenvalue weighted by Gasteiger charge is -2.09. The zero-order valence-corrected chi connectivity index (χ0v) is 10.7. The molecular weight excluding hydrogens is 263 g/mol. The first-order valence-electron chi connectivity index (χ1n) is 5.17. The molecular formula is C10H13FN2O4S. The van der Waals surface area contributed by atoms with Crippen molar-refractivity contribution < 1.29 is 17.7 Å². The number of nitrogens with one attached hydrogen (secondary N) is 1. The van der Waals surface area contributed by atoms with Crippen LogP contribution in [0.2, 0.25) is 0 Å².